The molecule has 0 spiro atoms. The summed E-state index contributed by atoms with van der Waals surface area (Å²) in [6, 6.07) is 1.98. The minimum atomic E-state index is -0.526. The normalized spacial score (nSPS) is 14.1. The maximum atomic E-state index is 11.8. The van der Waals surface area contributed by atoms with Crippen LogP contribution < -0.4 is 15.8 Å². The molecule has 0 saturated heterocycles. The van der Waals surface area contributed by atoms with Gasteiger partial charge in [-0.05, 0) is 39.3 Å². The molecule has 0 bridgehead atoms. The first-order valence-corrected chi connectivity index (χ1v) is 7.29. The number of hydrogen-bond donors (Lipinski definition) is 2. The van der Waals surface area contributed by atoms with Gasteiger partial charge in [-0.1, -0.05) is 6.92 Å². The van der Waals surface area contributed by atoms with Gasteiger partial charge in [-0.3, -0.25) is 0 Å². The summed E-state index contributed by atoms with van der Waals surface area (Å²) in [7, 11) is 1.58. The van der Waals surface area contributed by atoms with E-state index >= 15 is 0 Å². The lowest BCUT2D eigenvalue weighted by atomic mass is 9.83. The molecule has 0 aliphatic carbocycles. The number of nitrogens with one attached hydrogen (secondary N) is 1. The third kappa shape index (κ3) is 4.87. The first-order valence-electron chi connectivity index (χ1n) is 7.29. The monoisotopic (exact) mass is 309 g/mol. The topological polar surface area (TPSA) is 86.5 Å². The molecule has 0 aliphatic heterocycles. The first-order chi connectivity index (χ1) is 10.1. The Bertz CT molecular complexity index is 526. The number of carbonyl (C=O) groups excluding carboxylic acids is 1. The van der Waals surface area contributed by atoms with E-state index in [4.69, 9.17) is 15.2 Å². The van der Waals surface area contributed by atoms with Crippen molar-refractivity contribution in [3.8, 4) is 5.88 Å². The molecule has 0 aliphatic rings. The molecule has 1 aromatic heterocycles. The van der Waals surface area contributed by atoms with E-state index < -0.39 is 17.1 Å². The number of hydrogen-bond acceptors (Lipinski definition) is 5. The Labute approximate surface area is 132 Å². The van der Waals surface area contributed by atoms with Gasteiger partial charge in [0.1, 0.15) is 5.60 Å². The third-order valence-corrected chi connectivity index (χ3v) is 3.39. The van der Waals surface area contributed by atoms with Crippen LogP contribution in [-0.4, -0.2) is 36.9 Å². The van der Waals surface area contributed by atoms with E-state index in [1.165, 1.54) is 0 Å². The van der Waals surface area contributed by atoms with E-state index in [0.29, 0.717) is 19.0 Å². The van der Waals surface area contributed by atoms with Crippen molar-refractivity contribution in [2.24, 2.45) is 5.73 Å². The molecule has 1 rings (SSSR count). The SMILES string of the molecule is COc1ncc(C(C)(CN)CNC(=O)OC(C)(C)C)cc1C. The van der Waals surface area contributed by atoms with Crippen LogP contribution in [0.2, 0.25) is 0 Å². The highest BCUT2D eigenvalue weighted by Gasteiger charge is 2.28. The molecule has 1 heterocycles. The van der Waals surface area contributed by atoms with Gasteiger partial charge in [-0.2, -0.15) is 0 Å². The van der Waals surface area contributed by atoms with Gasteiger partial charge in [0.25, 0.3) is 0 Å². The lowest BCUT2D eigenvalue weighted by Crippen LogP contribution is -2.45. The summed E-state index contributed by atoms with van der Waals surface area (Å²) in [4.78, 5) is 16.1. The van der Waals surface area contributed by atoms with Crippen LogP contribution in [0.1, 0.15) is 38.8 Å². The van der Waals surface area contributed by atoms with Crippen molar-refractivity contribution in [1.29, 1.82) is 0 Å². The molecule has 0 aromatic carbocycles. The Morgan fingerprint density at radius 2 is 2.00 bits per heavy atom. The molecule has 0 fully saturated rings. The van der Waals surface area contributed by atoms with Crippen molar-refractivity contribution in [3.05, 3.63) is 23.4 Å². The maximum Gasteiger partial charge on any atom is 0.407 e. The Kier molecular flexibility index (Phi) is 5.77. The number of alkyl carbamates (subject to hydrolysis) is 1. The van der Waals surface area contributed by atoms with Gasteiger partial charge in [0.2, 0.25) is 5.88 Å². The summed E-state index contributed by atoms with van der Waals surface area (Å²) in [5.74, 6) is 0.586. The van der Waals surface area contributed by atoms with Crippen LogP contribution in [0.25, 0.3) is 0 Å². The summed E-state index contributed by atoms with van der Waals surface area (Å²) < 4.78 is 10.4. The largest absolute Gasteiger partial charge is 0.481 e. The van der Waals surface area contributed by atoms with E-state index in [2.05, 4.69) is 10.3 Å². The van der Waals surface area contributed by atoms with Gasteiger partial charge in [-0.15, -0.1) is 0 Å². The van der Waals surface area contributed by atoms with Crippen LogP contribution in [0, 0.1) is 6.92 Å². The van der Waals surface area contributed by atoms with E-state index in [-0.39, 0.29) is 0 Å². The average Bonchev–Trinajstić information content (AvgIpc) is 2.43. The molecule has 6 heteroatoms. The molecule has 124 valence electrons. The van der Waals surface area contributed by atoms with E-state index in [9.17, 15) is 4.79 Å². The van der Waals surface area contributed by atoms with Crippen LogP contribution in [0.5, 0.6) is 5.88 Å². The molecule has 0 radical (unpaired) electrons. The number of rotatable bonds is 5. The van der Waals surface area contributed by atoms with Gasteiger partial charge in [0, 0.05) is 30.3 Å². The fraction of sp³-hybridized carbons (Fsp3) is 0.625. The quantitative estimate of drug-likeness (QED) is 0.870. The molecular formula is C16H27N3O3. The van der Waals surface area contributed by atoms with Crippen molar-refractivity contribution < 1.29 is 14.3 Å². The number of carbonyl (C=O) groups is 1. The van der Waals surface area contributed by atoms with Gasteiger partial charge < -0.3 is 20.5 Å². The predicted octanol–water partition coefficient (Wildman–Crippen LogP) is 2.14. The second kappa shape index (κ2) is 6.96. The second-order valence-corrected chi connectivity index (χ2v) is 6.67. The summed E-state index contributed by atoms with van der Waals surface area (Å²) >= 11 is 0. The minimum absolute atomic E-state index is 0.367. The highest BCUT2D eigenvalue weighted by Crippen LogP contribution is 2.25. The highest BCUT2D eigenvalue weighted by atomic mass is 16.6. The van der Waals surface area contributed by atoms with E-state index in [0.717, 1.165) is 11.1 Å². The summed E-state index contributed by atoms with van der Waals surface area (Å²) in [5, 5.41) is 2.78. The zero-order valence-electron chi connectivity index (χ0n) is 14.3. The third-order valence-electron chi connectivity index (χ3n) is 3.39. The average molecular weight is 309 g/mol. The van der Waals surface area contributed by atoms with Gasteiger partial charge in [0.05, 0.1) is 7.11 Å². The molecule has 6 nitrogen and oxygen atoms in total. The molecule has 1 aromatic rings. The molecule has 22 heavy (non-hydrogen) atoms. The minimum Gasteiger partial charge on any atom is -0.481 e. The molecule has 1 unspecified atom stereocenters. The molecule has 0 saturated carbocycles. The van der Waals surface area contributed by atoms with Crippen molar-refractivity contribution in [2.45, 2.75) is 45.6 Å². The standard InChI is InChI=1S/C16H27N3O3/c1-11-7-12(8-18-13(11)21-6)16(5,9-17)10-19-14(20)22-15(2,3)4/h7-8H,9-10,17H2,1-6H3,(H,19,20). The van der Waals surface area contributed by atoms with Gasteiger partial charge in [0.15, 0.2) is 0 Å². The number of nitrogens with zero attached hydrogens (tertiary/aromatic N) is 1. The zero-order chi connectivity index (χ0) is 17.0. The predicted molar refractivity (Wildman–Crippen MR) is 86.2 cm³/mol. The second-order valence-electron chi connectivity index (χ2n) is 6.67. The van der Waals surface area contributed by atoms with Crippen LogP contribution in [-0.2, 0) is 10.2 Å². The molecular weight excluding hydrogens is 282 g/mol. The maximum absolute atomic E-state index is 11.8. The fourth-order valence-corrected chi connectivity index (χ4v) is 1.98. The van der Waals surface area contributed by atoms with Gasteiger partial charge >= 0.3 is 6.09 Å². The van der Waals surface area contributed by atoms with E-state index in [1.54, 1.807) is 13.3 Å². The number of ether oxygens (including phenoxy) is 2. The van der Waals surface area contributed by atoms with Crippen LogP contribution in [0.15, 0.2) is 12.3 Å². The lowest BCUT2D eigenvalue weighted by molar-refractivity contribution is 0.0516. The number of amides is 1. The summed E-state index contributed by atoms with van der Waals surface area (Å²) in [5.41, 5.74) is 6.84. The molecule has 1 atom stereocenters. The van der Waals surface area contributed by atoms with Gasteiger partial charge in [-0.25, -0.2) is 9.78 Å². The zero-order valence-corrected chi connectivity index (χ0v) is 14.3. The van der Waals surface area contributed by atoms with Crippen molar-refractivity contribution >= 4 is 6.09 Å². The number of aromatic nitrogens is 1. The first kappa shape index (κ1) is 18.2. The van der Waals surface area contributed by atoms with Crippen molar-refractivity contribution in [3.63, 3.8) is 0 Å². The Balaban J connectivity index is 2.84. The van der Waals surface area contributed by atoms with Crippen molar-refractivity contribution in [1.82, 2.24) is 10.3 Å². The number of aryl methyl sites for hydroxylation is 1. The number of pyridine rings is 1. The van der Waals surface area contributed by atoms with Crippen molar-refractivity contribution in [2.75, 3.05) is 20.2 Å². The lowest BCUT2D eigenvalue weighted by Gasteiger charge is -2.29. The Hall–Kier alpha value is -1.82. The molecule has 3 N–H and O–H groups in total. The highest BCUT2D eigenvalue weighted by molar-refractivity contribution is 5.67. The van der Waals surface area contributed by atoms with Crippen LogP contribution in [0.3, 0.4) is 0 Å². The smallest absolute Gasteiger partial charge is 0.407 e. The Morgan fingerprint density at radius 3 is 2.45 bits per heavy atom. The molecule has 1 amide bonds. The van der Waals surface area contributed by atoms with Crippen LogP contribution in [0.4, 0.5) is 4.79 Å². The fourth-order valence-electron chi connectivity index (χ4n) is 1.98. The van der Waals surface area contributed by atoms with E-state index in [1.807, 2.05) is 40.7 Å². The number of methoxy groups -OCH3 is 1. The van der Waals surface area contributed by atoms with Crippen LogP contribution >= 0.6 is 0 Å². The Morgan fingerprint density at radius 1 is 1.36 bits per heavy atom. The number of nitrogens with two attached hydrogens (primary N) is 1. The summed E-state index contributed by atoms with van der Waals surface area (Å²) in [6.07, 6.45) is 1.28. The summed E-state index contributed by atoms with van der Waals surface area (Å²) in [6.45, 7) is 10.1.